The Hall–Kier alpha value is -3.28. The quantitative estimate of drug-likeness (QED) is 0.638. The molecular formula is C19H17N5O. The van der Waals surface area contributed by atoms with E-state index in [9.17, 15) is 4.79 Å². The van der Waals surface area contributed by atoms with Gasteiger partial charge in [0.25, 0.3) is 5.91 Å². The third-order valence-electron chi connectivity index (χ3n) is 4.42. The van der Waals surface area contributed by atoms with Crippen LogP contribution in [0.25, 0.3) is 11.3 Å². The zero-order valence-corrected chi connectivity index (χ0v) is 13.5. The van der Waals surface area contributed by atoms with E-state index in [-0.39, 0.29) is 5.91 Å². The van der Waals surface area contributed by atoms with Gasteiger partial charge in [-0.15, -0.1) is 0 Å². The number of nitrogens with one attached hydrogen (secondary N) is 3. The minimum Gasteiger partial charge on any atom is -0.358 e. The van der Waals surface area contributed by atoms with Crippen molar-refractivity contribution in [1.82, 2.24) is 15.3 Å². The molecule has 4 rings (SSSR count). The van der Waals surface area contributed by atoms with Gasteiger partial charge in [-0.2, -0.15) is 5.11 Å². The number of H-pyrrole nitrogens is 1. The second-order valence-electron chi connectivity index (χ2n) is 5.99. The molecule has 0 fully saturated rings. The van der Waals surface area contributed by atoms with Crippen LogP contribution in [0.3, 0.4) is 0 Å². The summed E-state index contributed by atoms with van der Waals surface area (Å²) in [6.07, 6.45) is 2.51. The molecule has 1 unspecified atom stereocenters. The number of hydrogen-bond acceptors (Lipinski definition) is 4. The summed E-state index contributed by atoms with van der Waals surface area (Å²) in [4.78, 5) is 19.7. The highest BCUT2D eigenvalue weighted by Gasteiger charge is 2.21. The zero-order chi connectivity index (χ0) is 17.2. The second-order valence-corrected chi connectivity index (χ2v) is 5.99. The van der Waals surface area contributed by atoms with Gasteiger partial charge >= 0.3 is 0 Å². The molecule has 1 amide bonds. The van der Waals surface area contributed by atoms with Gasteiger partial charge in [-0.3, -0.25) is 9.78 Å². The normalized spacial score (nSPS) is 14.5. The number of fused-ring (bicyclic) bond motifs is 1. The third-order valence-corrected chi connectivity index (χ3v) is 4.42. The van der Waals surface area contributed by atoms with Crippen LogP contribution in [-0.4, -0.2) is 22.4 Å². The molecule has 2 aromatic heterocycles. The van der Waals surface area contributed by atoms with Gasteiger partial charge in [0.1, 0.15) is 6.04 Å². The molecule has 3 aromatic rings. The van der Waals surface area contributed by atoms with E-state index in [4.69, 9.17) is 5.53 Å². The number of carbonyl (C=O) groups excluding carboxylic acids is 1. The molecule has 1 atom stereocenters. The Balaban J connectivity index is 1.72. The maximum atomic E-state index is 12.0. The lowest BCUT2D eigenvalue weighted by molar-refractivity contribution is 0.0946. The number of amides is 1. The monoisotopic (exact) mass is 331 g/mol. The van der Waals surface area contributed by atoms with E-state index >= 15 is 0 Å². The van der Waals surface area contributed by atoms with Crippen molar-refractivity contribution in [3.8, 4) is 11.3 Å². The molecule has 6 nitrogen and oxygen atoms in total. The van der Waals surface area contributed by atoms with E-state index in [1.807, 2.05) is 48.5 Å². The Labute approximate surface area is 144 Å². The van der Waals surface area contributed by atoms with Crippen LogP contribution < -0.4 is 5.32 Å². The summed E-state index contributed by atoms with van der Waals surface area (Å²) in [5, 5.41) is 6.61. The van der Waals surface area contributed by atoms with Gasteiger partial charge in [0.05, 0.1) is 11.3 Å². The number of benzene rings is 1. The highest BCUT2D eigenvalue weighted by Crippen LogP contribution is 2.29. The van der Waals surface area contributed by atoms with E-state index in [1.165, 1.54) is 0 Å². The largest absolute Gasteiger partial charge is 0.358 e. The van der Waals surface area contributed by atoms with Crippen molar-refractivity contribution in [1.29, 1.82) is 5.53 Å². The van der Waals surface area contributed by atoms with Crippen molar-refractivity contribution in [2.45, 2.75) is 12.5 Å². The van der Waals surface area contributed by atoms with Crippen molar-refractivity contribution in [3.63, 3.8) is 0 Å². The number of hydrogen-bond donors (Lipinski definition) is 3. The lowest BCUT2D eigenvalue weighted by Crippen LogP contribution is -2.31. The van der Waals surface area contributed by atoms with Crippen molar-refractivity contribution >= 4 is 5.91 Å². The zero-order valence-electron chi connectivity index (χ0n) is 13.5. The standard InChI is InChI=1S/C19H17N5O/c20-24-18(12-4-2-1-3-5-12)17-10-13(6-8-21-17)16-11-14-15(23-16)7-9-22-19(14)25/h1-6,8,10-11,18,20,23H,7,9H2,(H,22,25). The smallest absolute Gasteiger partial charge is 0.253 e. The van der Waals surface area contributed by atoms with Crippen LogP contribution in [0.1, 0.15) is 33.4 Å². The summed E-state index contributed by atoms with van der Waals surface area (Å²) in [6.45, 7) is 0.654. The molecule has 0 spiro atoms. The van der Waals surface area contributed by atoms with E-state index in [0.29, 0.717) is 17.8 Å². The highest BCUT2D eigenvalue weighted by molar-refractivity contribution is 5.97. The Morgan fingerprint density at radius 3 is 2.76 bits per heavy atom. The fourth-order valence-electron chi connectivity index (χ4n) is 3.16. The molecule has 124 valence electrons. The number of aromatic nitrogens is 2. The van der Waals surface area contributed by atoms with Crippen LogP contribution in [0.15, 0.2) is 59.8 Å². The molecular weight excluding hydrogens is 314 g/mol. The van der Waals surface area contributed by atoms with Gasteiger partial charge in [-0.1, -0.05) is 30.3 Å². The molecule has 1 aromatic carbocycles. The number of carbonyl (C=O) groups is 1. The number of aromatic amines is 1. The van der Waals surface area contributed by atoms with Crippen LogP contribution in [0, 0.1) is 5.53 Å². The maximum Gasteiger partial charge on any atom is 0.253 e. The van der Waals surface area contributed by atoms with Gasteiger partial charge in [0.2, 0.25) is 0 Å². The van der Waals surface area contributed by atoms with Crippen molar-refractivity contribution < 1.29 is 4.79 Å². The SMILES string of the molecule is N=NC(c1ccccc1)c1cc(-c2cc3c([nH]2)CCNC3=O)ccn1. The van der Waals surface area contributed by atoms with Gasteiger partial charge in [0, 0.05) is 36.1 Å². The number of rotatable bonds is 4. The molecule has 6 heteroatoms. The lowest BCUT2D eigenvalue weighted by atomic mass is 10.0. The third kappa shape index (κ3) is 2.82. The molecule has 1 aliphatic heterocycles. The number of nitrogens with zero attached hydrogens (tertiary/aromatic N) is 2. The first-order valence-electron chi connectivity index (χ1n) is 8.14. The average Bonchev–Trinajstić information content (AvgIpc) is 3.09. The fraction of sp³-hybridized carbons (Fsp3) is 0.158. The van der Waals surface area contributed by atoms with Crippen LogP contribution >= 0.6 is 0 Å². The fourth-order valence-corrected chi connectivity index (χ4v) is 3.16. The van der Waals surface area contributed by atoms with Crippen molar-refractivity contribution in [2.75, 3.05) is 6.54 Å². The van der Waals surface area contributed by atoms with E-state index in [1.54, 1.807) is 6.20 Å². The maximum absolute atomic E-state index is 12.0. The van der Waals surface area contributed by atoms with Crippen LogP contribution in [0.5, 0.6) is 0 Å². The van der Waals surface area contributed by atoms with Crippen molar-refractivity contribution in [2.24, 2.45) is 5.11 Å². The van der Waals surface area contributed by atoms with E-state index in [0.717, 1.165) is 28.9 Å². The molecule has 0 saturated carbocycles. The second kappa shape index (κ2) is 6.32. The topological polar surface area (TPSA) is 94.0 Å². The molecule has 3 heterocycles. The minimum atomic E-state index is -0.436. The molecule has 1 aliphatic rings. The Morgan fingerprint density at radius 1 is 1.16 bits per heavy atom. The van der Waals surface area contributed by atoms with E-state index < -0.39 is 6.04 Å². The Bertz CT molecular complexity index is 932. The molecule has 25 heavy (non-hydrogen) atoms. The summed E-state index contributed by atoms with van der Waals surface area (Å²) in [7, 11) is 0. The van der Waals surface area contributed by atoms with Crippen molar-refractivity contribution in [3.05, 3.63) is 77.2 Å². The Morgan fingerprint density at radius 2 is 2.00 bits per heavy atom. The summed E-state index contributed by atoms with van der Waals surface area (Å²) >= 11 is 0. The summed E-state index contributed by atoms with van der Waals surface area (Å²) < 4.78 is 0. The molecule has 3 N–H and O–H groups in total. The van der Waals surface area contributed by atoms with Gasteiger partial charge in [-0.25, -0.2) is 5.53 Å². The molecule has 0 aliphatic carbocycles. The minimum absolute atomic E-state index is 0.0404. The lowest BCUT2D eigenvalue weighted by Gasteiger charge is -2.11. The first-order chi connectivity index (χ1) is 12.3. The summed E-state index contributed by atoms with van der Waals surface area (Å²) in [5.74, 6) is -0.0404. The van der Waals surface area contributed by atoms with Crippen LogP contribution in [0.2, 0.25) is 0 Å². The van der Waals surface area contributed by atoms with E-state index in [2.05, 4.69) is 20.4 Å². The first kappa shape index (κ1) is 15.3. The molecule has 0 saturated heterocycles. The Kier molecular flexibility index (Phi) is 3.85. The van der Waals surface area contributed by atoms with Gasteiger partial charge in [-0.05, 0) is 23.8 Å². The highest BCUT2D eigenvalue weighted by atomic mass is 16.1. The van der Waals surface area contributed by atoms with Crippen LogP contribution in [0.4, 0.5) is 0 Å². The number of pyridine rings is 1. The predicted molar refractivity (Wildman–Crippen MR) is 93.5 cm³/mol. The van der Waals surface area contributed by atoms with Crippen LogP contribution in [-0.2, 0) is 6.42 Å². The average molecular weight is 331 g/mol. The molecule has 0 bridgehead atoms. The summed E-state index contributed by atoms with van der Waals surface area (Å²) in [6, 6.07) is 14.9. The molecule has 0 radical (unpaired) electrons. The first-order valence-corrected chi connectivity index (χ1v) is 8.14. The summed E-state index contributed by atoms with van der Waals surface area (Å²) in [5.41, 5.74) is 12.7. The van der Waals surface area contributed by atoms with Gasteiger partial charge in [0.15, 0.2) is 0 Å². The predicted octanol–water partition coefficient (Wildman–Crippen LogP) is 3.48. The van der Waals surface area contributed by atoms with Gasteiger partial charge < -0.3 is 10.3 Å².